The summed E-state index contributed by atoms with van der Waals surface area (Å²) in [6.07, 6.45) is -0.0370. The predicted octanol–water partition coefficient (Wildman–Crippen LogP) is 1.00. The molecule has 116 valence electrons. The Morgan fingerprint density at radius 3 is 2.33 bits per heavy atom. The van der Waals surface area contributed by atoms with Crippen LogP contribution in [0.4, 0.5) is 5.69 Å². The molecule has 1 atom stereocenters. The molecule has 1 rings (SSSR count). The van der Waals surface area contributed by atoms with Gasteiger partial charge in [0.15, 0.2) is 6.10 Å². The minimum absolute atomic E-state index is 0.0529. The van der Waals surface area contributed by atoms with Gasteiger partial charge >= 0.3 is 5.97 Å². The van der Waals surface area contributed by atoms with Crippen LogP contribution in [0.2, 0.25) is 0 Å². The molecule has 0 aliphatic carbocycles. The lowest BCUT2D eigenvalue weighted by Crippen LogP contribution is -2.29. The molecule has 1 aromatic carbocycles. The summed E-state index contributed by atoms with van der Waals surface area (Å²) >= 11 is 0. The van der Waals surface area contributed by atoms with Gasteiger partial charge in [-0.2, -0.15) is 0 Å². The lowest BCUT2D eigenvalue weighted by atomic mass is 10.3. The molecule has 1 aromatic rings. The fourth-order valence-electron chi connectivity index (χ4n) is 1.49. The fraction of sp³-hybridized carbons (Fsp3) is 0.385. The third-order valence-electron chi connectivity index (χ3n) is 2.58. The number of anilines is 1. The van der Waals surface area contributed by atoms with Crippen LogP contribution in [-0.4, -0.2) is 26.4 Å². The quantitative estimate of drug-likeness (QED) is 0.760. The van der Waals surface area contributed by atoms with Crippen LogP contribution in [0.5, 0.6) is 0 Å². The lowest BCUT2D eigenvalue weighted by molar-refractivity contribution is -0.153. The standard InChI is InChI=1S/C13H18N2O5S/c1-3-4-12(16)20-9(2)13(17)15-10-5-7-11(8-6-10)21(14,18)19/h5-9H,3-4H2,1-2H3,(H,15,17)(H2,14,18,19)/t9-/m0/s1. The van der Waals surface area contributed by atoms with Gasteiger partial charge in [0.05, 0.1) is 4.90 Å². The van der Waals surface area contributed by atoms with Gasteiger partial charge < -0.3 is 10.1 Å². The van der Waals surface area contributed by atoms with Gasteiger partial charge in [0.2, 0.25) is 10.0 Å². The summed E-state index contributed by atoms with van der Waals surface area (Å²) in [4.78, 5) is 23.0. The molecule has 0 aliphatic heterocycles. The molecule has 8 heteroatoms. The number of carbonyl (C=O) groups excluding carboxylic acids is 2. The summed E-state index contributed by atoms with van der Waals surface area (Å²) in [5.41, 5.74) is 0.380. The molecule has 0 spiro atoms. The highest BCUT2D eigenvalue weighted by atomic mass is 32.2. The number of esters is 1. The Bertz CT molecular complexity index is 610. The van der Waals surface area contributed by atoms with Gasteiger partial charge in [-0.3, -0.25) is 9.59 Å². The average Bonchev–Trinajstić information content (AvgIpc) is 2.38. The molecule has 0 radical (unpaired) electrons. The molecule has 0 aliphatic rings. The SMILES string of the molecule is CCCC(=O)O[C@@H](C)C(=O)Nc1ccc(S(N)(=O)=O)cc1. The Morgan fingerprint density at radius 2 is 1.86 bits per heavy atom. The summed E-state index contributed by atoms with van der Waals surface area (Å²) in [7, 11) is -3.77. The van der Waals surface area contributed by atoms with E-state index < -0.39 is 28.0 Å². The molecule has 0 fully saturated rings. The Balaban J connectivity index is 2.64. The topological polar surface area (TPSA) is 116 Å². The molecule has 0 unspecified atom stereocenters. The van der Waals surface area contributed by atoms with Crippen molar-refractivity contribution in [2.24, 2.45) is 5.14 Å². The van der Waals surface area contributed by atoms with E-state index in [4.69, 9.17) is 9.88 Å². The third kappa shape index (κ3) is 5.52. The zero-order chi connectivity index (χ0) is 16.0. The molecular formula is C13H18N2O5S. The highest BCUT2D eigenvalue weighted by Crippen LogP contribution is 2.13. The Labute approximate surface area is 123 Å². The second kappa shape index (κ2) is 7.19. The number of rotatable bonds is 6. The first-order chi connectivity index (χ1) is 9.74. The maximum atomic E-state index is 11.8. The lowest BCUT2D eigenvalue weighted by Gasteiger charge is -2.13. The number of amides is 1. The average molecular weight is 314 g/mol. The number of nitrogens with one attached hydrogen (secondary N) is 1. The second-order valence-electron chi connectivity index (χ2n) is 4.44. The minimum Gasteiger partial charge on any atom is -0.453 e. The summed E-state index contributed by atoms with van der Waals surface area (Å²) in [6, 6.07) is 5.36. The van der Waals surface area contributed by atoms with Crippen LogP contribution in [0.25, 0.3) is 0 Å². The van der Waals surface area contributed by atoms with Crippen LogP contribution in [0.1, 0.15) is 26.7 Å². The van der Waals surface area contributed by atoms with E-state index in [9.17, 15) is 18.0 Å². The molecule has 0 saturated heterocycles. The van der Waals surface area contributed by atoms with Gasteiger partial charge in [-0.25, -0.2) is 13.6 Å². The smallest absolute Gasteiger partial charge is 0.306 e. The van der Waals surface area contributed by atoms with Crippen LogP contribution < -0.4 is 10.5 Å². The number of ether oxygens (including phenoxy) is 1. The molecule has 0 heterocycles. The molecular weight excluding hydrogens is 296 g/mol. The van der Waals surface area contributed by atoms with Crippen molar-refractivity contribution >= 4 is 27.6 Å². The molecule has 1 amide bonds. The Kier molecular flexibility index (Phi) is 5.86. The third-order valence-corrected chi connectivity index (χ3v) is 3.51. The van der Waals surface area contributed by atoms with Crippen molar-refractivity contribution in [3.05, 3.63) is 24.3 Å². The van der Waals surface area contributed by atoms with Crippen LogP contribution in [0, 0.1) is 0 Å². The second-order valence-corrected chi connectivity index (χ2v) is 6.00. The van der Waals surface area contributed by atoms with E-state index in [2.05, 4.69) is 5.32 Å². The van der Waals surface area contributed by atoms with Crippen molar-refractivity contribution in [3.8, 4) is 0 Å². The molecule has 3 N–H and O–H groups in total. The first-order valence-electron chi connectivity index (χ1n) is 6.37. The van der Waals surface area contributed by atoms with Gasteiger partial charge in [0.1, 0.15) is 0 Å². The number of hydrogen-bond acceptors (Lipinski definition) is 5. The van der Waals surface area contributed by atoms with Crippen LogP contribution in [0.15, 0.2) is 29.2 Å². The summed E-state index contributed by atoms with van der Waals surface area (Å²) in [5.74, 6) is -0.937. The summed E-state index contributed by atoms with van der Waals surface area (Å²) < 4.78 is 27.1. The monoisotopic (exact) mass is 314 g/mol. The normalized spacial score (nSPS) is 12.5. The van der Waals surface area contributed by atoms with Gasteiger partial charge in [-0.1, -0.05) is 6.92 Å². The zero-order valence-electron chi connectivity index (χ0n) is 11.8. The first kappa shape index (κ1) is 17.1. The molecule has 0 aromatic heterocycles. The maximum Gasteiger partial charge on any atom is 0.306 e. The number of primary sulfonamides is 1. The van der Waals surface area contributed by atoms with Crippen LogP contribution in [-0.2, 0) is 24.3 Å². The van der Waals surface area contributed by atoms with E-state index in [0.29, 0.717) is 12.1 Å². The van der Waals surface area contributed by atoms with Crippen molar-refractivity contribution in [2.75, 3.05) is 5.32 Å². The van der Waals surface area contributed by atoms with Gasteiger partial charge in [-0.05, 0) is 37.6 Å². The molecule has 0 bridgehead atoms. The van der Waals surface area contributed by atoms with E-state index in [1.165, 1.54) is 31.2 Å². The minimum atomic E-state index is -3.77. The van der Waals surface area contributed by atoms with E-state index >= 15 is 0 Å². The van der Waals surface area contributed by atoms with Gasteiger partial charge in [0, 0.05) is 12.1 Å². The number of nitrogens with two attached hydrogens (primary N) is 1. The highest BCUT2D eigenvalue weighted by molar-refractivity contribution is 7.89. The summed E-state index contributed by atoms with van der Waals surface area (Å²) in [6.45, 7) is 3.29. The van der Waals surface area contributed by atoms with Gasteiger partial charge in [0.25, 0.3) is 5.91 Å². The fourth-order valence-corrected chi connectivity index (χ4v) is 2.00. The molecule has 0 saturated carbocycles. The van der Waals surface area contributed by atoms with Crippen molar-refractivity contribution in [1.29, 1.82) is 0 Å². The largest absolute Gasteiger partial charge is 0.453 e. The molecule has 7 nitrogen and oxygen atoms in total. The van der Waals surface area contributed by atoms with Crippen molar-refractivity contribution in [2.45, 2.75) is 37.7 Å². The highest BCUT2D eigenvalue weighted by Gasteiger charge is 2.17. The van der Waals surface area contributed by atoms with E-state index in [1.807, 2.05) is 6.92 Å². The van der Waals surface area contributed by atoms with Crippen LogP contribution >= 0.6 is 0 Å². The number of sulfonamides is 1. The first-order valence-corrected chi connectivity index (χ1v) is 7.92. The number of hydrogen-bond donors (Lipinski definition) is 2. The summed E-state index contributed by atoms with van der Waals surface area (Å²) in [5, 5.41) is 7.48. The Hall–Kier alpha value is -1.93. The van der Waals surface area contributed by atoms with E-state index in [0.717, 1.165) is 0 Å². The van der Waals surface area contributed by atoms with Crippen molar-refractivity contribution < 1.29 is 22.7 Å². The van der Waals surface area contributed by atoms with Gasteiger partial charge in [-0.15, -0.1) is 0 Å². The zero-order valence-corrected chi connectivity index (χ0v) is 12.6. The van der Waals surface area contributed by atoms with E-state index in [-0.39, 0.29) is 11.3 Å². The molecule has 21 heavy (non-hydrogen) atoms. The Morgan fingerprint density at radius 1 is 1.29 bits per heavy atom. The van der Waals surface area contributed by atoms with E-state index in [1.54, 1.807) is 0 Å². The van der Waals surface area contributed by atoms with Crippen molar-refractivity contribution in [1.82, 2.24) is 0 Å². The number of carbonyl (C=O) groups is 2. The van der Waals surface area contributed by atoms with Crippen molar-refractivity contribution in [3.63, 3.8) is 0 Å². The number of benzene rings is 1. The predicted molar refractivity (Wildman–Crippen MR) is 76.9 cm³/mol. The van der Waals surface area contributed by atoms with Crippen LogP contribution in [0.3, 0.4) is 0 Å². The maximum absolute atomic E-state index is 11.8.